The fourth-order valence-electron chi connectivity index (χ4n) is 4.14. The lowest BCUT2D eigenvalue weighted by molar-refractivity contribution is -0.117. The molecule has 0 N–H and O–H groups in total. The molecule has 180 valence electrons. The summed E-state index contributed by atoms with van der Waals surface area (Å²) in [4.78, 5) is 17.4. The monoisotopic (exact) mass is 488 g/mol. The molecule has 7 heteroatoms. The molecule has 0 aliphatic carbocycles. The van der Waals surface area contributed by atoms with Crippen LogP contribution in [0.4, 0.5) is 0 Å². The molecule has 35 heavy (non-hydrogen) atoms. The van der Waals surface area contributed by atoms with Crippen molar-refractivity contribution >= 4 is 17.5 Å². The number of aromatic nitrogens is 1. The van der Waals surface area contributed by atoms with Crippen LogP contribution in [-0.4, -0.2) is 43.5 Å². The van der Waals surface area contributed by atoms with Gasteiger partial charge in [0.15, 0.2) is 11.5 Å². The molecule has 1 aliphatic heterocycles. The van der Waals surface area contributed by atoms with Crippen LogP contribution in [0.5, 0.6) is 11.5 Å². The Kier molecular flexibility index (Phi) is 8.40. The van der Waals surface area contributed by atoms with Gasteiger partial charge in [-0.15, -0.1) is 0 Å². The molecule has 1 saturated heterocycles. The summed E-state index contributed by atoms with van der Waals surface area (Å²) in [5.74, 6) is 1.58. The number of benzene rings is 2. The van der Waals surface area contributed by atoms with Crippen LogP contribution in [0.1, 0.15) is 31.2 Å². The Balaban J connectivity index is 1.67. The Labute approximate surface area is 210 Å². The Morgan fingerprint density at radius 1 is 1.11 bits per heavy atom. The number of hydrogen-bond donors (Lipinski definition) is 0. The third-order valence-electron chi connectivity index (χ3n) is 6.00. The third-order valence-corrected chi connectivity index (χ3v) is 7.04. The van der Waals surface area contributed by atoms with Crippen molar-refractivity contribution in [1.29, 1.82) is 5.26 Å². The van der Waals surface area contributed by atoms with Gasteiger partial charge >= 0.3 is 0 Å². The number of thioether (sulfide) groups is 1. The smallest absolute Gasteiger partial charge is 0.161 e. The minimum Gasteiger partial charge on any atom is -0.493 e. The molecule has 3 aromatic rings. The highest BCUT2D eigenvalue weighted by Gasteiger charge is 2.20. The summed E-state index contributed by atoms with van der Waals surface area (Å²) >= 11 is 1.32. The number of nitriles is 1. The van der Waals surface area contributed by atoms with E-state index in [-0.39, 0.29) is 17.6 Å². The topological polar surface area (TPSA) is 81.4 Å². The zero-order valence-electron chi connectivity index (χ0n) is 20.0. The van der Waals surface area contributed by atoms with E-state index >= 15 is 0 Å². The van der Waals surface area contributed by atoms with E-state index in [1.54, 1.807) is 14.2 Å². The molecule has 1 atom stereocenters. The third kappa shape index (κ3) is 6.02. The van der Waals surface area contributed by atoms with Crippen LogP contribution in [-0.2, 0) is 9.53 Å². The standard InChI is InChI=1S/C28H28N2O4S/c1-32-26-13-10-20(15-27(26)33-2)23-16-25(19-7-4-3-5-8-19)30-28(24(23)17-29)35-18-21(31)11-12-22-9-6-14-34-22/h3-5,7-8,10,13,15-16,22H,6,9,11-12,14,18H2,1-2H3. The first-order valence-electron chi connectivity index (χ1n) is 11.6. The number of methoxy groups -OCH3 is 2. The van der Waals surface area contributed by atoms with Crippen LogP contribution in [0.25, 0.3) is 22.4 Å². The number of ether oxygens (including phenoxy) is 3. The highest BCUT2D eigenvalue weighted by Crippen LogP contribution is 2.38. The van der Waals surface area contributed by atoms with Crippen molar-refractivity contribution in [3.8, 4) is 40.0 Å². The molecule has 2 heterocycles. The SMILES string of the molecule is COc1ccc(-c2cc(-c3ccccc3)nc(SCC(=O)CCC3CCCO3)c2C#N)cc1OC. The van der Waals surface area contributed by atoms with Gasteiger partial charge in [-0.05, 0) is 43.0 Å². The number of ketones is 1. The number of nitrogens with zero attached hydrogens (tertiary/aromatic N) is 2. The van der Waals surface area contributed by atoms with Gasteiger partial charge in [0, 0.05) is 24.2 Å². The number of carbonyl (C=O) groups excluding carboxylic acids is 1. The maximum atomic E-state index is 12.6. The average Bonchev–Trinajstić information content (AvgIpc) is 3.44. The van der Waals surface area contributed by atoms with Crippen molar-refractivity contribution in [3.63, 3.8) is 0 Å². The summed E-state index contributed by atoms with van der Waals surface area (Å²) in [6.07, 6.45) is 3.50. The van der Waals surface area contributed by atoms with E-state index in [0.717, 1.165) is 48.3 Å². The lowest BCUT2D eigenvalue weighted by atomic mass is 9.99. The molecular weight excluding hydrogens is 460 g/mol. The summed E-state index contributed by atoms with van der Waals surface area (Å²) < 4.78 is 16.5. The molecule has 0 amide bonds. The van der Waals surface area contributed by atoms with Gasteiger partial charge in [0.2, 0.25) is 0 Å². The number of rotatable bonds is 10. The summed E-state index contributed by atoms with van der Waals surface area (Å²) in [6, 6.07) is 19.6. The molecule has 4 rings (SSSR count). The first-order chi connectivity index (χ1) is 17.1. The molecule has 1 unspecified atom stereocenters. The molecule has 0 radical (unpaired) electrons. The van der Waals surface area contributed by atoms with Gasteiger partial charge in [-0.1, -0.05) is 48.2 Å². The van der Waals surface area contributed by atoms with Crippen LogP contribution in [0.15, 0.2) is 59.6 Å². The van der Waals surface area contributed by atoms with Gasteiger partial charge in [-0.2, -0.15) is 5.26 Å². The number of Topliss-reactive ketones (excluding diaryl/α,β-unsaturated/α-hetero) is 1. The van der Waals surface area contributed by atoms with Crippen LogP contribution < -0.4 is 9.47 Å². The molecule has 1 fully saturated rings. The minimum absolute atomic E-state index is 0.133. The van der Waals surface area contributed by atoms with E-state index in [2.05, 4.69) is 6.07 Å². The Hall–Kier alpha value is -3.34. The van der Waals surface area contributed by atoms with Gasteiger partial charge in [-0.25, -0.2) is 4.98 Å². The molecule has 2 aromatic carbocycles. The van der Waals surface area contributed by atoms with E-state index in [0.29, 0.717) is 28.5 Å². The molecule has 6 nitrogen and oxygen atoms in total. The minimum atomic E-state index is 0.133. The first-order valence-corrected chi connectivity index (χ1v) is 12.6. The van der Waals surface area contributed by atoms with Crippen LogP contribution >= 0.6 is 11.8 Å². The van der Waals surface area contributed by atoms with Crippen molar-refractivity contribution in [2.75, 3.05) is 26.6 Å². The molecule has 1 aromatic heterocycles. The van der Waals surface area contributed by atoms with E-state index in [4.69, 9.17) is 19.2 Å². The highest BCUT2D eigenvalue weighted by molar-refractivity contribution is 8.00. The fraction of sp³-hybridized carbons (Fsp3) is 0.321. The van der Waals surface area contributed by atoms with E-state index < -0.39 is 0 Å². The van der Waals surface area contributed by atoms with Crippen LogP contribution in [0.2, 0.25) is 0 Å². The van der Waals surface area contributed by atoms with Gasteiger partial charge in [0.1, 0.15) is 16.9 Å². The van der Waals surface area contributed by atoms with Crippen molar-refractivity contribution in [3.05, 3.63) is 60.2 Å². The summed E-state index contributed by atoms with van der Waals surface area (Å²) in [6.45, 7) is 0.786. The van der Waals surface area contributed by atoms with Crippen molar-refractivity contribution < 1.29 is 19.0 Å². The molecule has 0 spiro atoms. The lowest BCUT2D eigenvalue weighted by Crippen LogP contribution is -2.10. The summed E-state index contributed by atoms with van der Waals surface area (Å²) in [5.41, 5.74) is 3.66. The summed E-state index contributed by atoms with van der Waals surface area (Å²) in [7, 11) is 3.17. The molecular formula is C28H28N2O4S. The zero-order chi connectivity index (χ0) is 24.6. The molecule has 1 aliphatic rings. The van der Waals surface area contributed by atoms with Gasteiger partial charge in [0.25, 0.3) is 0 Å². The quantitative estimate of drug-likeness (QED) is 0.327. The largest absolute Gasteiger partial charge is 0.493 e. The Morgan fingerprint density at radius 3 is 2.60 bits per heavy atom. The first kappa shape index (κ1) is 24.8. The van der Waals surface area contributed by atoms with E-state index in [1.165, 1.54) is 11.8 Å². The maximum Gasteiger partial charge on any atom is 0.161 e. The number of hydrogen-bond acceptors (Lipinski definition) is 7. The van der Waals surface area contributed by atoms with Crippen molar-refractivity contribution in [2.45, 2.75) is 36.8 Å². The van der Waals surface area contributed by atoms with Crippen LogP contribution in [0.3, 0.4) is 0 Å². The molecule has 0 bridgehead atoms. The second kappa shape index (κ2) is 11.9. The maximum absolute atomic E-state index is 12.6. The van der Waals surface area contributed by atoms with Gasteiger partial charge < -0.3 is 14.2 Å². The molecule has 0 saturated carbocycles. The normalized spacial score (nSPS) is 14.9. The van der Waals surface area contributed by atoms with E-state index in [9.17, 15) is 10.1 Å². The Morgan fingerprint density at radius 2 is 1.91 bits per heavy atom. The second-order valence-corrected chi connectivity index (χ2v) is 9.25. The van der Waals surface area contributed by atoms with Gasteiger partial charge in [-0.3, -0.25) is 4.79 Å². The lowest BCUT2D eigenvalue weighted by Gasteiger charge is -2.14. The zero-order valence-corrected chi connectivity index (χ0v) is 20.8. The van der Waals surface area contributed by atoms with Crippen LogP contribution in [0, 0.1) is 11.3 Å². The van der Waals surface area contributed by atoms with E-state index in [1.807, 2.05) is 54.6 Å². The number of carbonyl (C=O) groups is 1. The predicted molar refractivity (Wildman–Crippen MR) is 137 cm³/mol. The number of pyridine rings is 1. The second-order valence-electron chi connectivity index (χ2n) is 8.28. The van der Waals surface area contributed by atoms with Crippen molar-refractivity contribution in [2.24, 2.45) is 0 Å². The Bertz CT molecular complexity index is 1220. The van der Waals surface area contributed by atoms with Gasteiger partial charge in [0.05, 0.1) is 37.3 Å². The van der Waals surface area contributed by atoms with Crippen molar-refractivity contribution in [1.82, 2.24) is 4.98 Å². The highest BCUT2D eigenvalue weighted by atomic mass is 32.2. The average molecular weight is 489 g/mol. The predicted octanol–water partition coefficient (Wildman–Crippen LogP) is 5.92. The summed E-state index contributed by atoms with van der Waals surface area (Å²) in [5, 5.41) is 10.6. The fourth-order valence-corrected chi connectivity index (χ4v) is 5.04.